The van der Waals surface area contributed by atoms with Gasteiger partial charge in [0.2, 0.25) is 6.29 Å². The van der Waals surface area contributed by atoms with Crippen molar-refractivity contribution < 1.29 is 48.0 Å². The molecule has 1 aliphatic heterocycles. The minimum atomic E-state index is -0.807. The highest BCUT2D eigenvalue weighted by molar-refractivity contribution is 5.92. The molecule has 2 aromatic rings. The van der Waals surface area contributed by atoms with Gasteiger partial charge >= 0.3 is 23.9 Å². The molecule has 1 aliphatic rings. The van der Waals surface area contributed by atoms with Crippen molar-refractivity contribution in [2.45, 2.75) is 90.8 Å². The van der Waals surface area contributed by atoms with Gasteiger partial charge in [-0.3, -0.25) is 14.4 Å². The van der Waals surface area contributed by atoms with Crippen LogP contribution in [0.4, 0.5) is 0 Å². The first-order valence-corrected chi connectivity index (χ1v) is 14.0. The number of ether oxygens (including phenoxy) is 5. The Morgan fingerprint density at radius 2 is 1.39 bits per heavy atom. The number of carbonyl (C=O) groups is 4. The van der Waals surface area contributed by atoms with E-state index in [-0.39, 0.29) is 55.7 Å². The van der Waals surface area contributed by atoms with Crippen LogP contribution >= 0.6 is 0 Å². The molecule has 0 saturated carbocycles. The van der Waals surface area contributed by atoms with E-state index in [4.69, 9.17) is 28.8 Å². The Morgan fingerprint density at radius 3 is 1.98 bits per heavy atom. The summed E-state index contributed by atoms with van der Waals surface area (Å²) in [5.74, 6) is -1.70. The van der Waals surface area contributed by atoms with E-state index < -0.39 is 30.4 Å². The van der Waals surface area contributed by atoms with E-state index in [1.54, 1.807) is 24.3 Å². The lowest BCUT2D eigenvalue weighted by Crippen LogP contribution is -2.47. The van der Waals surface area contributed by atoms with E-state index in [9.17, 15) is 19.2 Å². The van der Waals surface area contributed by atoms with E-state index in [0.29, 0.717) is 19.3 Å². The van der Waals surface area contributed by atoms with Crippen LogP contribution in [0, 0.1) is 0 Å². The number of hydrogen-bond acceptors (Lipinski definition) is 9. The molecule has 10 nitrogen and oxygen atoms in total. The van der Waals surface area contributed by atoms with Gasteiger partial charge in [0.1, 0.15) is 24.0 Å². The van der Waals surface area contributed by atoms with Gasteiger partial charge in [-0.2, -0.15) is 0 Å². The molecule has 1 saturated heterocycles. The van der Waals surface area contributed by atoms with Gasteiger partial charge in [-0.1, -0.05) is 63.2 Å². The fourth-order valence-electron chi connectivity index (χ4n) is 3.79. The van der Waals surface area contributed by atoms with Crippen molar-refractivity contribution in [2.75, 3.05) is 6.61 Å². The number of hydrogen-bond donors (Lipinski definition) is 1. The first kappa shape index (κ1) is 33.3. The Bertz CT molecular complexity index is 1100. The molecule has 0 amide bonds. The van der Waals surface area contributed by atoms with Crippen molar-refractivity contribution in [3.05, 3.63) is 65.7 Å². The van der Waals surface area contributed by atoms with Crippen LogP contribution in [0.5, 0.6) is 5.75 Å². The predicted molar refractivity (Wildman–Crippen MR) is 149 cm³/mol. The Balaban J connectivity index is 0.000000883. The van der Waals surface area contributed by atoms with Crippen LogP contribution in [0.25, 0.3) is 0 Å². The number of para-hydroxylation sites is 1. The smallest absolute Gasteiger partial charge is 0.342 e. The fourth-order valence-corrected chi connectivity index (χ4v) is 3.79. The standard InChI is InChI=1S/C27H32O8.C4H8O2/c1-3-10-24(28)33-22-16-26(31-18-23(22)34-25(29)11-4-2)35-21-15-9-8-14-20(21)27(30)32-17-19-12-6-5-7-13-19;1-2-3-4(5)6/h5-9,12-15,22-23,26H,3-4,10-11,16-18H2,1-2H3;2-3H2,1H3,(H,5,6)/t22?,23-,26-;/m1./s1. The summed E-state index contributed by atoms with van der Waals surface area (Å²) < 4.78 is 28.3. The molecular weight excluding hydrogens is 532 g/mol. The first-order chi connectivity index (χ1) is 19.8. The summed E-state index contributed by atoms with van der Waals surface area (Å²) in [7, 11) is 0. The van der Waals surface area contributed by atoms with E-state index in [1.807, 2.05) is 51.1 Å². The topological polar surface area (TPSA) is 135 Å². The predicted octanol–water partition coefficient (Wildman–Crippen LogP) is 5.46. The molecule has 1 fully saturated rings. The molecule has 1 heterocycles. The molecule has 0 aromatic heterocycles. The monoisotopic (exact) mass is 572 g/mol. The van der Waals surface area contributed by atoms with E-state index in [1.165, 1.54) is 0 Å². The second-order valence-electron chi connectivity index (χ2n) is 9.37. The summed E-state index contributed by atoms with van der Waals surface area (Å²) in [5.41, 5.74) is 1.12. The third kappa shape index (κ3) is 12.4. The SMILES string of the molecule is CCCC(=O)O.CCCC(=O)OC1C[C@@H](Oc2ccccc2C(=O)OCc2ccccc2)OC[C@H]1OC(=O)CCC. The molecule has 2 aromatic carbocycles. The van der Waals surface area contributed by atoms with Gasteiger partial charge in [0, 0.05) is 19.3 Å². The van der Waals surface area contributed by atoms with E-state index in [0.717, 1.165) is 12.0 Å². The number of carboxylic acids is 1. The molecule has 0 spiro atoms. The second kappa shape index (κ2) is 18.4. The number of carbonyl (C=O) groups excluding carboxylic acids is 3. The number of carboxylic acid groups (broad SMARTS) is 1. The van der Waals surface area contributed by atoms with Crippen LogP contribution in [0.3, 0.4) is 0 Å². The molecule has 3 rings (SSSR count). The zero-order valence-electron chi connectivity index (χ0n) is 23.9. The zero-order valence-corrected chi connectivity index (χ0v) is 23.9. The Hall–Kier alpha value is -3.92. The molecule has 0 aliphatic carbocycles. The molecule has 3 atom stereocenters. The fraction of sp³-hybridized carbons (Fsp3) is 0.484. The van der Waals surface area contributed by atoms with Crippen LogP contribution in [0.1, 0.15) is 81.6 Å². The molecule has 1 unspecified atom stereocenters. The number of benzene rings is 2. The summed E-state index contributed by atoms with van der Waals surface area (Å²) in [5, 5.41) is 7.91. The van der Waals surface area contributed by atoms with Crippen LogP contribution in [0.2, 0.25) is 0 Å². The molecule has 0 bridgehead atoms. The number of rotatable bonds is 13. The lowest BCUT2D eigenvalue weighted by molar-refractivity contribution is -0.212. The van der Waals surface area contributed by atoms with Crippen molar-refractivity contribution in [1.82, 2.24) is 0 Å². The van der Waals surface area contributed by atoms with Crippen molar-refractivity contribution in [2.24, 2.45) is 0 Å². The molecule has 41 heavy (non-hydrogen) atoms. The summed E-state index contributed by atoms with van der Waals surface area (Å²) in [6.07, 6.45) is 0.739. The van der Waals surface area contributed by atoms with Crippen LogP contribution in [0.15, 0.2) is 54.6 Å². The summed E-state index contributed by atoms with van der Waals surface area (Å²) in [6, 6.07) is 16.1. The van der Waals surface area contributed by atoms with Crippen LogP contribution < -0.4 is 4.74 Å². The van der Waals surface area contributed by atoms with Crippen molar-refractivity contribution in [3.63, 3.8) is 0 Å². The molecule has 224 valence electrons. The number of esters is 3. The third-order valence-corrected chi connectivity index (χ3v) is 5.80. The molecular formula is C31H40O10. The largest absolute Gasteiger partial charge is 0.481 e. The third-order valence-electron chi connectivity index (χ3n) is 5.80. The van der Waals surface area contributed by atoms with Crippen LogP contribution in [-0.2, 0) is 39.9 Å². The Labute approximate surface area is 240 Å². The summed E-state index contributed by atoms with van der Waals surface area (Å²) in [6.45, 7) is 5.74. The van der Waals surface area contributed by atoms with E-state index in [2.05, 4.69) is 0 Å². The average Bonchev–Trinajstić information content (AvgIpc) is 2.94. The van der Waals surface area contributed by atoms with E-state index >= 15 is 0 Å². The van der Waals surface area contributed by atoms with Gasteiger partial charge in [0.05, 0.1) is 13.0 Å². The maximum absolute atomic E-state index is 12.7. The highest BCUT2D eigenvalue weighted by Crippen LogP contribution is 2.27. The zero-order chi connectivity index (χ0) is 30.0. The minimum absolute atomic E-state index is 0.00477. The van der Waals surface area contributed by atoms with Gasteiger partial charge in [-0.15, -0.1) is 0 Å². The minimum Gasteiger partial charge on any atom is -0.481 e. The van der Waals surface area contributed by atoms with Crippen LogP contribution in [-0.4, -0.2) is 54.1 Å². The second-order valence-corrected chi connectivity index (χ2v) is 9.37. The quantitative estimate of drug-likeness (QED) is 0.243. The Kier molecular flexibility index (Phi) is 15.0. The summed E-state index contributed by atoms with van der Waals surface area (Å²) >= 11 is 0. The maximum atomic E-state index is 12.7. The van der Waals surface area contributed by atoms with Gasteiger partial charge in [-0.05, 0) is 37.0 Å². The molecule has 0 radical (unpaired) electrons. The van der Waals surface area contributed by atoms with Crippen molar-refractivity contribution >= 4 is 23.9 Å². The highest BCUT2D eigenvalue weighted by atomic mass is 16.7. The lowest BCUT2D eigenvalue weighted by Gasteiger charge is -2.35. The Morgan fingerprint density at radius 1 is 0.805 bits per heavy atom. The normalized spacial score (nSPS) is 17.8. The van der Waals surface area contributed by atoms with Gasteiger partial charge in [0.25, 0.3) is 0 Å². The molecule has 1 N–H and O–H groups in total. The average molecular weight is 573 g/mol. The lowest BCUT2D eigenvalue weighted by atomic mass is 10.1. The summed E-state index contributed by atoms with van der Waals surface area (Å²) in [4.78, 5) is 46.5. The van der Waals surface area contributed by atoms with Crippen molar-refractivity contribution in [3.8, 4) is 5.75 Å². The van der Waals surface area contributed by atoms with Crippen molar-refractivity contribution in [1.29, 1.82) is 0 Å². The maximum Gasteiger partial charge on any atom is 0.342 e. The van der Waals surface area contributed by atoms with Gasteiger partial charge in [0.15, 0.2) is 6.10 Å². The first-order valence-electron chi connectivity index (χ1n) is 14.0. The highest BCUT2D eigenvalue weighted by Gasteiger charge is 2.38. The van der Waals surface area contributed by atoms with Gasteiger partial charge < -0.3 is 28.8 Å². The number of aliphatic carboxylic acids is 1. The molecule has 10 heteroatoms. The van der Waals surface area contributed by atoms with Gasteiger partial charge in [-0.25, -0.2) is 4.79 Å².